The molecule has 2 rings (SSSR count). The van der Waals surface area contributed by atoms with Crippen molar-refractivity contribution in [1.82, 2.24) is 0 Å². The van der Waals surface area contributed by atoms with Crippen LogP contribution in [0.1, 0.15) is 6.42 Å². The van der Waals surface area contributed by atoms with Gasteiger partial charge in [-0.25, -0.2) is 8.42 Å². The van der Waals surface area contributed by atoms with Crippen LogP contribution in [0.15, 0.2) is 72.2 Å². The van der Waals surface area contributed by atoms with Crippen LogP contribution >= 0.6 is 0 Å². The van der Waals surface area contributed by atoms with Crippen molar-refractivity contribution in [2.24, 2.45) is 5.41 Å². The van der Waals surface area contributed by atoms with Crippen LogP contribution in [0.4, 0.5) is 0 Å². The lowest BCUT2D eigenvalue weighted by Crippen LogP contribution is -2.26. The summed E-state index contributed by atoms with van der Waals surface area (Å²) in [5, 5.41) is 0. The average molecular weight is 260 g/mol. The second-order valence-electron chi connectivity index (χ2n) is 4.50. The van der Waals surface area contributed by atoms with E-state index >= 15 is 0 Å². The highest BCUT2D eigenvalue weighted by Crippen LogP contribution is 2.32. The number of hydrogen-bond acceptors (Lipinski definition) is 2. The van der Waals surface area contributed by atoms with Crippen LogP contribution in [0.2, 0.25) is 0 Å². The Labute approximate surface area is 108 Å². The lowest BCUT2D eigenvalue weighted by Gasteiger charge is -2.27. The maximum absolute atomic E-state index is 12.4. The molecular formula is C15H16O2S. The molecule has 1 aromatic rings. The molecule has 1 atom stereocenters. The van der Waals surface area contributed by atoms with E-state index < -0.39 is 15.3 Å². The highest BCUT2D eigenvalue weighted by Gasteiger charge is 2.31. The van der Waals surface area contributed by atoms with E-state index in [2.05, 4.69) is 6.58 Å². The normalized spacial score (nSPS) is 22.9. The third kappa shape index (κ3) is 2.62. The first-order chi connectivity index (χ1) is 8.58. The van der Waals surface area contributed by atoms with E-state index in [0.717, 1.165) is 0 Å². The van der Waals surface area contributed by atoms with E-state index in [4.69, 9.17) is 0 Å². The molecule has 1 unspecified atom stereocenters. The molecule has 0 radical (unpaired) electrons. The summed E-state index contributed by atoms with van der Waals surface area (Å²) < 4.78 is 24.7. The van der Waals surface area contributed by atoms with E-state index in [9.17, 15) is 8.42 Å². The maximum atomic E-state index is 12.4. The lowest BCUT2D eigenvalue weighted by molar-refractivity contribution is 0.530. The summed E-state index contributed by atoms with van der Waals surface area (Å²) >= 11 is 0. The van der Waals surface area contributed by atoms with Crippen molar-refractivity contribution in [1.29, 1.82) is 0 Å². The second-order valence-corrected chi connectivity index (χ2v) is 6.49. The zero-order valence-corrected chi connectivity index (χ0v) is 10.9. The Kier molecular flexibility index (Phi) is 3.53. The van der Waals surface area contributed by atoms with Crippen molar-refractivity contribution >= 4 is 9.84 Å². The molecule has 0 aliphatic heterocycles. The maximum Gasteiger partial charge on any atom is 0.179 e. The third-order valence-electron chi connectivity index (χ3n) is 3.14. The Morgan fingerprint density at radius 3 is 2.50 bits per heavy atom. The molecule has 0 fully saturated rings. The van der Waals surface area contributed by atoms with Crippen LogP contribution in [-0.2, 0) is 9.84 Å². The van der Waals surface area contributed by atoms with Gasteiger partial charge in [0.25, 0.3) is 0 Å². The van der Waals surface area contributed by atoms with Gasteiger partial charge in [0.15, 0.2) is 9.84 Å². The topological polar surface area (TPSA) is 34.1 Å². The molecule has 0 aromatic heterocycles. The van der Waals surface area contributed by atoms with E-state index in [1.54, 1.807) is 30.3 Å². The van der Waals surface area contributed by atoms with Gasteiger partial charge < -0.3 is 0 Å². The summed E-state index contributed by atoms with van der Waals surface area (Å²) in [6, 6.07) is 8.56. The van der Waals surface area contributed by atoms with Crippen molar-refractivity contribution in [3.8, 4) is 0 Å². The van der Waals surface area contributed by atoms with Gasteiger partial charge in [0.05, 0.1) is 10.6 Å². The van der Waals surface area contributed by atoms with E-state index in [1.165, 1.54) is 0 Å². The molecule has 0 spiro atoms. The fourth-order valence-corrected chi connectivity index (χ4v) is 3.84. The Balaban J connectivity index is 2.31. The minimum atomic E-state index is -3.29. The minimum absolute atomic E-state index is 0.0638. The highest BCUT2D eigenvalue weighted by atomic mass is 32.2. The van der Waals surface area contributed by atoms with E-state index in [1.807, 2.05) is 30.4 Å². The van der Waals surface area contributed by atoms with Crippen LogP contribution in [0.3, 0.4) is 0 Å². The molecule has 0 N–H and O–H groups in total. The van der Waals surface area contributed by atoms with Gasteiger partial charge in [0.1, 0.15) is 0 Å². The van der Waals surface area contributed by atoms with E-state index in [0.29, 0.717) is 11.3 Å². The molecule has 0 bridgehead atoms. The van der Waals surface area contributed by atoms with Gasteiger partial charge in [-0.3, -0.25) is 0 Å². The molecular weight excluding hydrogens is 244 g/mol. The highest BCUT2D eigenvalue weighted by molar-refractivity contribution is 7.91. The van der Waals surface area contributed by atoms with Gasteiger partial charge in [-0.1, -0.05) is 48.6 Å². The smallest absolute Gasteiger partial charge is 0.179 e. The number of benzene rings is 1. The van der Waals surface area contributed by atoms with E-state index in [-0.39, 0.29) is 5.75 Å². The zero-order valence-electron chi connectivity index (χ0n) is 10.1. The SMILES string of the molecule is C=CC1(CS(=O)(=O)c2ccccc2)C=CC=CC1. The molecule has 0 saturated heterocycles. The quantitative estimate of drug-likeness (QED) is 0.779. The van der Waals surface area contributed by atoms with Crippen LogP contribution < -0.4 is 0 Å². The molecule has 94 valence electrons. The number of allylic oxidation sites excluding steroid dienone is 5. The molecule has 18 heavy (non-hydrogen) atoms. The minimum Gasteiger partial charge on any atom is -0.224 e. The molecule has 2 nitrogen and oxygen atoms in total. The Morgan fingerprint density at radius 1 is 1.22 bits per heavy atom. The van der Waals surface area contributed by atoms with Gasteiger partial charge in [-0.2, -0.15) is 0 Å². The average Bonchev–Trinajstić information content (AvgIpc) is 2.40. The molecule has 0 heterocycles. The lowest BCUT2D eigenvalue weighted by atomic mass is 9.84. The predicted molar refractivity (Wildman–Crippen MR) is 74.0 cm³/mol. The van der Waals surface area contributed by atoms with Crippen molar-refractivity contribution < 1.29 is 8.42 Å². The second kappa shape index (κ2) is 4.94. The molecule has 3 heteroatoms. The summed E-state index contributed by atoms with van der Waals surface area (Å²) in [6.45, 7) is 3.78. The summed E-state index contributed by atoms with van der Waals surface area (Å²) in [5.74, 6) is 0.0638. The third-order valence-corrected chi connectivity index (χ3v) is 5.05. The van der Waals surface area contributed by atoms with Gasteiger partial charge in [-0.05, 0) is 18.6 Å². The number of hydrogen-bond donors (Lipinski definition) is 0. The number of rotatable bonds is 4. The summed E-state index contributed by atoms with van der Waals surface area (Å²) in [7, 11) is -3.29. The molecule has 0 amide bonds. The fourth-order valence-electron chi connectivity index (χ4n) is 2.06. The molecule has 1 aliphatic carbocycles. The summed E-state index contributed by atoms with van der Waals surface area (Å²) in [4.78, 5) is 0.370. The van der Waals surface area contributed by atoms with Gasteiger partial charge in [-0.15, -0.1) is 6.58 Å². The Hall–Kier alpha value is -1.61. The monoisotopic (exact) mass is 260 g/mol. The van der Waals surface area contributed by atoms with Crippen molar-refractivity contribution in [2.45, 2.75) is 11.3 Å². The van der Waals surface area contributed by atoms with Crippen molar-refractivity contribution in [3.05, 3.63) is 67.3 Å². The molecule has 0 saturated carbocycles. The first-order valence-corrected chi connectivity index (χ1v) is 7.49. The van der Waals surface area contributed by atoms with Crippen LogP contribution in [0, 0.1) is 5.41 Å². The molecule has 1 aliphatic rings. The first kappa shape index (κ1) is 12.8. The molecule has 1 aromatic carbocycles. The van der Waals surface area contributed by atoms with Crippen LogP contribution in [0.25, 0.3) is 0 Å². The largest absolute Gasteiger partial charge is 0.224 e. The Morgan fingerprint density at radius 2 is 1.94 bits per heavy atom. The summed E-state index contributed by atoms with van der Waals surface area (Å²) in [5.41, 5.74) is -0.483. The van der Waals surface area contributed by atoms with Crippen molar-refractivity contribution in [3.63, 3.8) is 0 Å². The first-order valence-electron chi connectivity index (χ1n) is 5.84. The van der Waals surface area contributed by atoms with Gasteiger partial charge in [0, 0.05) is 5.41 Å². The standard InChI is InChI=1S/C15H16O2S/c1-2-15(11-7-4-8-12-15)13-18(16,17)14-9-5-3-6-10-14/h2-11H,1,12-13H2. The van der Waals surface area contributed by atoms with Crippen molar-refractivity contribution in [2.75, 3.05) is 5.75 Å². The fraction of sp³-hybridized carbons (Fsp3) is 0.200. The van der Waals surface area contributed by atoms with Crippen LogP contribution in [-0.4, -0.2) is 14.2 Å². The Bertz CT molecular complexity index is 582. The predicted octanol–water partition coefficient (Wildman–Crippen LogP) is 3.15. The van der Waals surface area contributed by atoms with Gasteiger partial charge >= 0.3 is 0 Å². The zero-order chi connectivity index (χ0) is 13.1. The van der Waals surface area contributed by atoms with Crippen LogP contribution in [0.5, 0.6) is 0 Å². The number of sulfone groups is 1. The van der Waals surface area contributed by atoms with Gasteiger partial charge in [0.2, 0.25) is 0 Å². The summed E-state index contributed by atoms with van der Waals surface area (Å²) in [6.07, 6.45) is 10.1.